The van der Waals surface area contributed by atoms with Crippen LogP contribution in [-0.2, 0) is 16.4 Å². The maximum atomic E-state index is 12.9. The molecule has 2 atom stereocenters. The minimum Gasteiger partial charge on any atom is -0.325 e. The normalized spacial score (nSPS) is 22.2. The second-order valence-corrected chi connectivity index (χ2v) is 10.4. The Morgan fingerprint density at radius 3 is 2.33 bits per heavy atom. The third kappa shape index (κ3) is 5.85. The second-order valence-electron chi connectivity index (χ2n) is 6.98. The van der Waals surface area contributed by atoms with Crippen LogP contribution in [0.3, 0.4) is 0 Å². The molecule has 2 unspecified atom stereocenters. The SMILES string of the molecule is N#CNC(=NCc1ccc(S(=O)(=O)C2CC(Cl)CC(Cl)C2)cc1)Nc1ccncc1. The third-order valence-electron chi connectivity index (χ3n) is 4.78. The van der Waals surface area contributed by atoms with Gasteiger partial charge < -0.3 is 5.32 Å². The predicted octanol–water partition coefficient (Wildman–Crippen LogP) is 3.66. The van der Waals surface area contributed by atoms with Gasteiger partial charge in [0.15, 0.2) is 16.0 Å². The van der Waals surface area contributed by atoms with Crippen LogP contribution in [0.2, 0.25) is 0 Å². The fraction of sp³-hybridized carbons (Fsp3) is 0.350. The molecule has 1 fully saturated rings. The fourth-order valence-corrected chi connectivity index (χ4v) is 6.31. The summed E-state index contributed by atoms with van der Waals surface area (Å²) in [5, 5.41) is 13.4. The lowest BCUT2D eigenvalue weighted by Gasteiger charge is -2.28. The number of hydrogen-bond donors (Lipinski definition) is 2. The van der Waals surface area contributed by atoms with Crippen molar-refractivity contribution in [3.05, 3.63) is 54.4 Å². The molecule has 10 heteroatoms. The highest BCUT2D eigenvalue weighted by Gasteiger charge is 2.35. The van der Waals surface area contributed by atoms with E-state index >= 15 is 0 Å². The number of nitrogens with zero attached hydrogens (tertiary/aromatic N) is 3. The maximum Gasteiger partial charge on any atom is 0.209 e. The van der Waals surface area contributed by atoms with Crippen LogP contribution in [0, 0.1) is 11.5 Å². The average molecular weight is 466 g/mol. The summed E-state index contributed by atoms with van der Waals surface area (Å²) in [7, 11) is -3.50. The number of nitrogens with one attached hydrogen (secondary N) is 2. The largest absolute Gasteiger partial charge is 0.325 e. The fourth-order valence-electron chi connectivity index (χ4n) is 3.27. The van der Waals surface area contributed by atoms with Gasteiger partial charge in [-0.25, -0.2) is 13.4 Å². The maximum absolute atomic E-state index is 12.9. The van der Waals surface area contributed by atoms with Crippen LogP contribution >= 0.6 is 23.2 Å². The topological polar surface area (TPSA) is 107 Å². The number of aromatic nitrogens is 1. The Bertz CT molecular complexity index is 1010. The van der Waals surface area contributed by atoms with Gasteiger partial charge in [-0.2, -0.15) is 5.26 Å². The van der Waals surface area contributed by atoms with Crippen LogP contribution in [0.25, 0.3) is 0 Å². The molecule has 1 saturated carbocycles. The van der Waals surface area contributed by atoms with E-state index in [0.717, 1.165) is 11.3 Å². The van der Waals surface area contributed by atoms with Gasteiger partial charge in [0.1, 0.15) is 0 Å². The highest BCUT2D eigenvalue weighted by Crippen LogP contribution is 2.33. The smallest absolute Gasteiger partial charge is 0.209 e. The number of benzene rings is 1. The van der Waals surface area contributed by atoms with Gasteiger partial charge in [0.25, 0.3) is 0 Å². The summed E-state index contributed by atoms with van der Waals surface area (Å²) >= 11 is 12.4. The van der Waals surface area contributed by atoms with Gasteiger partial charge in [0, 0.05) is 28.8 Å². The molecule has 0 amide bonds. The molecule has 0 radical (unpaired) electrons. The number of aliphatic imine (C=N–C) groups is 1. The Balaban J connectivity index is 1.70. The van der Waals surface area contributed by atoms with E-state index in [9.17, 15) is 8.42 Å². The Labute approximate surface area is 186 Å². The standard InChI is InChI=1S/C20H21Cl2N5O2S/c21-15-9-16(22)11-19(10-15)30(28,29)18-3-1-14(2-4-18)12-25-20(26-13-23)27-17-5-7-24-8-6-17/h1-8,15-16,19H,9-12H2,(H2,24,25,26,27). The number of anilines is 1. The van der Waals surface area contributed by atoms with E-state index in [4.69, 9.17) is 28.5 Å². The van der Waals surface area contributed by atoms with Crippen LogP contribution in [0.4, 0.5) is 5.69 Å². The van der Waals surface area contributed by atoms with Crippen LogP contribution in [0.15, 0.2) is 58.7 Å². The predicted molar refractivity (Wildman–Crippen MR) is 118 cm³/mol. The van der Waals surface area contributed by atoms with Gasteiger partial charge in [-0.05, 0) is 49.1 Å². The molecule has 158 valence electrons. The minimum absolute atomic E-state index is 0.228. The van der Waals surface area contributed by atoms with Crippen molar-refractivity contribution in [3.63, 3.8) is 0 Å². The van der Waals surface area contributed by atoms with Crippen molar-refractivity contribution in [1.29, 1.82) is 5.26 Å². The lowest BCUT2D eigenvalue weighted by Crippen LogP contribution is -2.33. The van der Waals surface area contributed by atoms with Crippen molar-refractivity contribution in [1.82, 2.24) is 10.3 Å². The Morgan fingerprint density at radius 2 is 1.73 bits per heavy atom. The van der Waals surface area contributed by atoms with Crippen LogP contribution in [-0.4, -0.2) is 35.4 Å². The molecule has 0 aliphatic heterocycles. The average Bonchev–Trinajstić information content (AvgIpc) is 2.72. The zero-order chi connectivity index (χ0) is 21.6. The third-order valence-corrected chi connectivity index (χ3v) is 7.68. The molecule has 30 heavy (non-hydrogen) atoms. The Kier molecular flexibility index (Phi) is 7.53. The van der Waals surface area contributed by atoms with E-state index in [0.29, 0.717) is 19.3 Å². The summed E-state index contributed by atoms with van der Waals surface area (Å²) in [4.78, 5) is 8.53. The first kappa shape index (κ1) is 22.3. The summed E-state index contributed by atoms with van der Waals surface area (Å²) in [6, 6.07) is 10.1. The molecule has 0 saturated heterocycles. The van der Waals surface area contributed by atoms with E-state index < -0.39 is 15.1 Å². The van der Waals surface area contributed by atoms with E-state index in [-0.39, 0.29) is 28.2 Å². The van der Waals surface area contributed by atoms with Crippen molar-refractivity contribution in [2.24, 2.45) is 4.99 Å². The van der Waals surface area contributed by atoms with Crippen molar-refractivity contribution < 1.29 is 8.42 Å². The molecule has 0 bridgehead atoms. The van der Waals surface area contributed by atoms with Crippen molar-refractivity contribution >= 4 is 44.7 Å². The zero-order valence-electron chi connectivity index (χ0n) is 16.0. The first-order valence-electron chi connectivity index (χ1n) is 9.36. The molecule has 7 nitrogen and oxygen atoms in total. The van der Waals surface area contributed by atoms with Gasteiger partial charge in [-0.3, -0.25) is 10.3 Å². The number of alkyl halides is 2. The first-order chi connectivity index (χ1) is 14.4. The number of rotatable bonds is 5. The summed E-state index contributed by atoms with van der Waals surface area (Å²) in [5.41, 5.74) is 1.53. The van der Waals surface area contributed by atoms with E-state index in [1.165, 1.54) is 0 Å². The number of guanidine groups is 1. The molecule has 1 aromatic carbocycles. The van der Waals surface area contributed by atoms with Gasteiger partial charge in [-0.15, -0.1) is 23.2 Å². The van der Waals surface area contributed by atoms with Crippen molar-refractivity contribution in [2.75, 3.05) is 5.32 Å². The van der Waals surface area contributed by atoms with Crippen LogP contribution in [0.5, 0.6) is 0 Å². The summed E-state index contributed by atoms with van der Waals surface area (Å²) < 4.78 is 25.9. The summed E-state index contributed by atoms with van der Waals surface area (Å²) in [6.45, 7) is 0.263. The van der Waals surface area contributed by atoms with E-state index in [1.807, 2.05) is 6.19 Å². The molecule has 1 aliphatic rings. The second kappa shape index (κ2) is 10.1. The van der Waals surface area contributed by atoms with E-state index in [1.54, 1.807) is 48.8 Å². The monoisotopic (exact) mass is 465 g/mol. The molecule has 1 heterocycles. The molecular formula is C20H21Cl2N5O2S. The van der Waals surface area contributed by atoms with Gasteiger partial charge in [0.2, 0.25) is 5.96 Å². The van der Waals surface area contributed by atoms with Gasteiger partial charge >= 0.3 is 0 Å². The van der Waals surface area contributed by atoms with Crippen LogP contribution in [0.1, 0.15) is 24.8 Å². The Hall–Kier alpha value is -2.34. The zero-order valence-corrected chi connectivity index (χ0v) is 18.3. The van der Waals surface area contributed by atoms with Gasteiger partial charge in [-0.1, -0.05) is 12.1 Å². The molecule has 3 rings (SSSR count). The molecule has 0 spiro atoms. The first-order valence-corrected chi connectivity index (χ1v) is 11.8. The minimum atomic E-state index is -3.50. The highest BCUT2D eigenvalue weighted by atomic mass is 35.5. The number of halogens is 2. The molecule has 2 N–H and O–H groups in total. The highest BCUT2D eigenvalue weighted by molar-refractivity contribution is 7.92. The quantitative estimate of drug-likeness (QED) is 0.229. The number of sulfone groups is 1. The molecule has 1 aliphatic carbocycles. The molecule has 2 aromatic rings. The lowest BCUT2D eigenvalue weighted by molar-refractivity contribution is 0.493. The van der Waals surface area contributed by atoms with E-state index in [2.05, 4.69) is 20.6 Å². The van der Waals surface area contributed by atoms with Crippen LogP contribution < -0.4 is 10.6 Å². The number of hydrogen-bond acceptors (Lipinski definition) is 5. The number of nitriles is 1. The van der Waals surface area contributed by atoms with Crippen molar-refractivity contribution in [3.8, 4) is 6.19 Å². The number of pyridine rings is 1. The lowest BCUT2D eigenvalue weighted by atomic mass is 9.99. The van der Waals surface area contributed by atoms with Crippen molar-refractivity contribution in [2.45, 2.75) is 46.7 Å². The molecule has 1 aromatic heterocycles. The van der Waals surface area contributed by atoms with Gasteiger partial charge in [0.05, 0.1) is 16.7 Å². The summed E-state index contributed by atoms with van der Waals surface area (Å²) in [5.74, 6) is 0.281. The Morgan fingerprint density at radius 1 is 1.10 bits per heavy atom. The molecular weight excluding hydrogens is 445 g/mol. The summed E-state index contributed by atoms with van der Waals surface area (Å²) in [6.07, 6.45) is 6.52.